The highest BCUT2D eigenvalue weighted by Crippen LogP contribution is 2.54. The molecule has 1 aromatic heterocycles. The molecule has 0 radical (unpaired) electrons. The van der Waals surface area contributed by atoms with Crippen LogP contribution in [0, 0.1) is 11.8 Å². The van der Waals surface area contributed by atoms with Crippen molar-refractivity contribution in [2.75, 3.05) is 10.2 Å². The first-order valence-electron chi connectivity index (χ1n) is 11.9. The summed E-state index contributed by atoms with van der Waals surface area (Å²) in [4.78, 5) is 46.1. The molecule has 178 valence electrons. The second-order valence-corrected chi connectivity index (χ2v) is 10.1. The predicted octanol–water partition coefficient (Wildman–Crippen LogP) is 3.99. The van der Waals surface area contributed by atoms with Gasteiger partial charge in [0.15, 0.2) is 0 Å². The van der Waals surface area contributed by atoms with Gasteiger partial charge in [0.2, 0.25) is 17.7 Å². The summed E-state index contributed by atoms with van der Waals surface area (Å²) >= 11 is 6.35. The Bertz CT molecular complexity index is 1580. The average Bonchev–Trinajstić information content (AvgIpc) is 3.59. The lowest BCUT2D eigenvalue weighted by Crippen LogP contribution is -2.53. The number of hydrogen-bond donors (Lipinski definition) is 3. The minimum Gasteiger partial charge on any atom is -0.361 e. The van der Waals surface area contributed by atoms with E-state index in [0.29, 0.717) is 28.4 Å². The molecule has 0 saturated carbocycles. The van der Waals surface area contributed by atoms with Gasteiger partial charge >= 0.3 is 0 Å². The highest BCUT2D eigenvalue weighted by molar-refractivity contribution is 6.31. The number of hydrogen-bond acceptors (Lipinski definition) is 4. The predicted molar refractivity (Wildman–Crippen MR) is 137 cm³/mol. The molecule has 7 rings (SSSR count). The van der Waals surface area contributed by atoms with Crippen molar-refractivity contribution < 1.29 is 14.4 Å². The Kier molecular flexibility index (Phi) is 4.46. The summed E-state index contributed by atoms with van der Waals surface area (Å²) in [5.41, 5.74) is 2.33. The van der Waals surface area contributed by atoms with Crippen LogP contribution in [0.3, 0.4) is 0 Å². The quantitative estimate of drug-likeness (QED) is 0.374. The smallest absolute Gasteiger partial charge is 0.250 e. The Morgan fingerprint density at radius 3 is 2.53 bits per heavy atom. The van der Waals surface area contributed by atoms with E-state index in [1.807, 2.05) is 36.5 Å². The number of nitrogens with one attached hydrogen (secondary N) is 3. The molecule has 4 heterocycles. The van der Waals surface area contributed by atoms with Crippen molar-refractivity contribution in [3.8, 4) is 0 Å². The number of nitrogens with zero attached hydrogens (tertiary/aromatic N) is 1. The molecule has 3 aliphatic heterocycles. The van der Waals surface area contributed by atoms with Gasteiger partial charge in [0.25, 0.3) is 0 Å². The lowest BCUT2D eigenvalue weighted by Gasteiger charge is -2.29. The number of H-pyrrole nitrogens is 1. The number of amides is 3. The van der Waals surface area contributed by atoms with E-state index in [2.05, 4.69) is 15.6 Å². The molecule has 0 aliphatic carbocycles. The maximum Gasteiger partial charge on any atom is 0.250 e. The van der Waals surface area contributed by atoms with Gasteiger partial charge in [-0.15, -0.1) is 0 Å². The van der Waals surface area contributed by atoms with Crippen molar-refractivity contribution in [2.24, 2.45) is 11.8 Å². The van der Waals surface area contributed by atoms with E-state index in [9.17, 15) is 14.4 Å². The van der Waals surface area contributed by atoms with Gasteiger partial charge in [0.05, 0.1) is 17.5 Å². The number of halogens is 1. The van der Waals surface area contributed by atoms with Crippen LogP contribution in [-0.4, -0.2) is 28.7 Å². The van der Waals surface area contributed by atoms with Gasteiger partial charge in [-0.05, 0) is 48.4 Å². The van der Waals surface area contributed by atoms with E-state index in [1.54, 1.807) is 42.5 Å². The fraction of sp³-hybridized carbons (Fsp3) is 0.179. The van der Waals surface area contributed by atoms with E-state index in [0.717, 1.165) is 16.5 Å². The fourth-order valence-electron chi connectivity index (χ4n) is 6.32. The van der Waals surface area contributed by atoms with Gasteiger partial charge in [0.1, 0.15) is 5.54 Å². The first-order valence-corrected chi connectivity index (χ1v) is 12.2. The minimum atomic E-state index is -1.39. The highest BCUT2D eigenvalue weighted by Gasteiger charge is 2.70. The van der Waals surface area contributed by atoms with E-state index in [1.165, 1.54) is 4.90 Å². The summed E-state index contributed by atoms with van der Waals surface area (Å²) in [6, 6.07) is 21.6. The van der Waals surface area contributed by atoms with Crippen LogP contribution in [0.25, 0.3) is 10.9 Å². The van der Waals surface area contributed by atoms with E-state index < -0.39 is 23.4 Å². The lowest BCUT2D eigenvalue weighted by atomic mass is 9.76. The van der Waals surface area contributed by atoms with E-state index in [4.69, 9.17) is 11.6 Å². The van der Waals surface area contributed by atoms with Gasteiger partial charge in [0, 0.05) is 39.4 Å². The molecule has 3 N–H and O–H groups in total. The Morgan fingerprint density at radius 2 is 1.69 bits per heavy atom. The zero-order valence-corrected chi connectivity index (χ0v) is 19.8. The second kappa shape index (κ2) is 7.53. The van der Waals surface area contributed by atoms with Crippen molar-refractivity contribution in [3.63, 3.8) is 0 Å². The minimum absolute atomic E-state index is 0.298. The average molecular weight is 497 g/mol. The van der Waals surface area contributed by atoms with Gasteiger partial charge in [-0.25, -0.2) is 4.90 Å². The molecule has 3 amide bonds. The molecule has 4 aromatic rings. The summed E-state index contributed by atoms with van der Waals surface area (Å²) in [6.45, 7) is 0. The molecule has 3 aliphatic rings. The molecule has 1 spiro atoms. The molecule has 3 aromatic carbocycles. The highest BCUT2D eigenvalue weighted by atomic mass is 35.5. The number of carbonyl (C=O) groups excluding carboxylic acids is 3. The SMILES string of the molecule is O=C1[C@H]2[C@@H](C(=O)N1c1ccccc1)[C@@]1(N[C@@H]2Cc2c[nH]c3ccccc23)C(=O)Nc2ccc(Cl)cc21. The van der Waals surface area contributed by atoms with Crippen LogP contribution in [0.4, 0.5) is 11.4 Å². The number of anilines is 2. The monoisotopic (exact) mass is 496 g/mol. The number of para-hydroxylation sites is 2. The van der Waals surface area contributed by atoms with E-state index in [-0.39, 0.29) is 17.7 Å². The standard InChI is InChI=1S/C28H21ClN4O3/c29-16-10-11-21-19(13-16)28(27(36)31-21)24-23(25(34)33(26(24)35)17-6-2-1-3-7-17)22(32-28)12-15-14-30-20-9-5-4-8-18(15)20/h1-11,13-14,22-24,30,32H,12H2,(H,31,36)/t22-,23-,24+,28-/m1/s1. The number of carbonyl (C=O) groups is 3. The van der Waals surface area contributed by atoms with Crippen LogP contribution < -0.4 is 15.5 Å². The molecule has 2 saturated heterocycles. The lowest BCUT2D eigenvalue weighted by molar-refractivity contribution is -0.130. The van der Waals surface area contributed by atoms with Crippen molar-refractivity contribution in [3.05, 3.63) is 95.1 Å². The normalized spacial score (nSPS) is 26.6. The van der Waals surface area contributed by atoms with Gasteiger partial charge < -0.3 is 10.3 Å². The Hall–Kier alpha value is -3.94. The van der Waals surface area contributed by atoms with Crippen molar-refractivity contribution >= 4 is 51.6 Å². The van der Waals surface area contributed by atoms with Gasteiger partial charge in [-0.1, -0.05) is 48.0 Å². The topological polar surface area (TPSA) is 94.3 Å². The van der Waals surface area contributed by atoms with Crippen molar-refractivity contribution in [1.82, 2.24) is 10.3 Å². The Balaban J connectivity index is 1.39. The molecule has 7 nitrogen and oxygen atoms in total. The zero-order chi connectivity index (χ0) is 24.6. The number of rotatable bonds is 3. The van der Waals surface area contributed by atoms with Crippen molar-refractivity contribution in [1.29, 1.82) is 0 Å². The van der Waals surface area contributed by atoms with Crippen LogP contribution in [0.15, 0.2) is 79.0 Å². The molecule has 36 heavy (non-hydrogen) atoms. The van der Waals surface area contributed by atoms with Crippen LogP contribution in [0.1, 0.15) is 11.1 Å². The first-order chi connectivity index (χ1) is 17.5. The number of benzene rings is 3. The molecule has 4 atom stereocenters. The maximum atomic E-state index is 14.0. The second-order valence-electron chi connectivity index (χ2n) is 9.62. The molecule has 2 fully saturated rings. The largest absolute Gasteiger partial charge is 0.361 e. The van der Waals surface area contributed by atoms with Gasteiger partial charge in [-0.2, -0.15) is 0 Å². The third kappa shape index (κ3) is 2.75. The Morgan fingerprint density at radius 1 is 0.917 bits per heavy atom. The third-order valence-electron chi connectivity index (χ3n) is 7.81. The number of imide groups is 1. The van der Waals surface area contributed by atoms with Crippen molar-refractivity contribution in [2.45, 2.75) is 18.0 Å². The number of aromatic nitrogens is 1. The van der Waals surface area contributed by atoms with Crippen LogP contribution >= 0.6 is 11.6 Å². The van der Waals surface area contributed by atoms with Crippen LogP contribution in [0.2, 0.25) is 5.02 Å². The van der Waals surface area contributed by atoms with Crippen LogP contribution in [-0.2, 0) is 26.3 Å². The zero-order valence-electron chi connectivity index (χ0n) is 19.0. The first kappa shape index (κ1) is 21.4. The molecule has 0 bridgehead atoms. The Labute approximate surface area is 211 Å². The van der Waals surface area contributed by atoms with E-state index >= 15 is 0 Å². The number of fused-ring (bicyclic) bond motifs is 5. The molecule has 8 heteroatoms. The molecule has 0 unspecified atom stereocenters. The summed E-state index contributed by atoms with van der Waals surface area (Å²) in [5, 5.41) is 7.91. The third-order valence-corrected chi connectivity index (χ3v) is 8.04. The maximum absolute atomic E-state index is 14.0. The summed E-state index contributed by atoms with van der Waals surface area (Å²) in [6.07, 6.45) is 2.40. The summed E-state index contributed by atoms with van der Waals surface area (Å²) in [5.74, 6) is -2.64. The number of aromatic amines is 1. The molecular formula is C28H21ClN4O3. The summed E-state index contributed by atoms with van der Waals surface area (Å²) < 4.78 is 0. The molecular weight excluding hydrogens is 476 g/mol. The fourth-order valence-corrected chi connectivity index (χ4v) is 6.49. The summed E-state index contributed by atoms with van der Waals surface area (Å²) in [7, 11) is 0. The van der Waals surface area contributed by atoms with Gasteiger partial charge in [-0.3, -0.25) is 19.7 Å². The van der Waals surface area contributed by atoms with Crippen LogP contribution in [0.5, 0.6) is 0 Å².